The highest BCUT2D eigenvalue weighted by Gasteiger charge is 2.10. The number of aliphatic hydroxyl groups excluding tert-OH is 1. The number of hydrogen-bond acceptors (Lipinski definition) is 2. The van der Waals surface area contributed by atoms with Crippen molar-refractivity contribution in [2.24, 2.45) is 5.73 Å². The van der Waals surface area contributed by atoms with Gasteiger partial charge in [0.05, 0.1) is 6.10 Å². The molecular weight excluding hydrogens is 174 g/mol. The van der Waals surface area contributed by atoms with Gasteiger partial charge in [-0.1, -0.05) is 30.3 Å². The number of hydrogen-bond donors (Lipinski definition) is 2. The Hall–Kier alpha value is -0.570. The molecule has 1 rings (SSSR count). The zero-order chi connectivity index (χ0) is 8.27. The molecule has 2 nitrogen and oxygen atoms in total. The number of nitrogens with two attached hydrogens (primary N) is 1. The topological polar surface area (TPSA) is 46.2 Å². The van der Waals surface area contributed by atoms with Crippen molar-refractivity contribution in [2.45, 2.75) is 19.1 Å². The van der Waals surface area contributed by atoms with Crippen molar-refractivity contribution in [2.75, 3.05) is 0 Å². The Morgan fingerprint density at radius 1 is 1.25 bits per heavy atom. The van der Waals surface area contributed by atoms with Crippen molar-refractivity contribution >= 4 is 0 Å². The quantitative estimate of drug-likeness (QED) is 0.566. The van der Waals surface area contributed by atoms with E-state index in [9.17, 15) is 5.11 Å². The van der Waals surface area contributed by atoms with Gasteiger partial charge < -0.3 is 23.2 Å². The van der Waals surface area contributed by atoms with Gasteiger partial charge in [-0.15, -0.1) is 0 Å². The van der Waals surface area contributed by atoms with Crippen LogP contribution in [0.1, 0.15) is 18.6 Å². The smallest absolute Gasteiger partial charge is 0.0938 e. The predicted molar refractivity (Wildman–Crippen MR) is 45.1 cm³/mol. The maximum Gasteiger partial charge on any atom is 0.0938 e. The van der Waals surface area contributed by atoms with Gasteiger partial charge in [-0.05, 0) is 12.5 Å². The van der Waals surface area contributed by atoms with E-state index in [2.05, 4.69) is 0 Å². The van der Waals surface area contributed by atoms with Crippen LogP contribution in [-0.2, 0) is 0 Å². The van der Waals surface area contributed by atoms with Gasteiger partial charge in [-0.3, -0.25) is 0 Å². The van der Waals surface area contributed by atoms with Crippen LogP contribution in [0.3, 0.4) is 0 Å². The van der Waals surface area contributed by atoms with Crippen molar-refractivity contribution in [1.82, 2.24) is 0 Å². The molecule has 68 valence electrons. The maximum atomic E-state index is 9.47. The lowest BCUT2D eigenvalue weighted by Gasteiger charge is -2.13. The van der Waals surface area contributed by atoms with Crippen molar-refractivity contribution in [3.63, 3.8) is 0 Å². The zero-order valence-corrected chi connectivity index (χ0v) is 7.70. The van der Waals surface area contributed by atoms with Crippen LogP contribution in [0.15, 0.2) is 30.3 Å². The molecule has 3 N–H and O–H groups in total. The molecule has 0 aliphatic heterocycles. The molecule has 0 heterocycles. The maximum absolute atomic E-state index is 9.47. The third-order valence-corrected chi connectivity index (χ3v) is 1.64. The molecule has 0 fully saturated rings. The lowest BCUT2D eigenvalue weighted by atomic mass is 10.0. The lowest BCUT2D eigenvalue weighted by Crippen LogP contribution is -3.00. The molecule has 0 saturated carbocycles. The van der Waals surface area contributed by atoms with Crippen LogP contribution in [0.5, 0.6) is 0 Å². The van der Waals surface area contributed by atoms with E-state index >= 15 is 0 Å². The van der Waals surface area contributed by atoms with E-state index in [0.717, 1.165) is 5.56 Å². The van der Waals surface area contributed by atoms with E-state index in [1.165, 1.54) is 0 Å². The molecule has 0 aromatic heterocycles. The predicted octanol–water partition coefficient (Wildman–Crippen LogP) is -1.93. The first-order valence-electron chi connectivity index (χ1n) is 3.70. The van der Waals surface area contributed by atoms with Crippen LogP contribution >= 0.6 is 0 Å². The second-order valence-electron chi connectivity index (χ2n) is 2.71. The Kier molecular flexibility index (Phi) is 4.90. The van der Waals surface area contributed by atoms with Crippen LogP contribution < -0.4 is 18.1 Å². The van der Waals surface area contributed by atoms with Gasteiger partial charge in [0.15, 0.2) is 0 Å². The third kappa shape index (κ3) is 2.81. The van der Waals surface area contributed by atoms with E-state index < -0.39 is 6.10 Å². The van der Waals surface area contributed by atoms with Crippen LogP contribution in [0, 0.1) is 0 Å². The molecule has 0 radical (unpaired) electrons. The molecular formula is C9H13ClNO-. The van der Waals surface area contributed by atoms with Gasteiger partial charge >= 0.3 is 0 Å². The summed E-state index contributed by atoms with van der Waals surface area (Å²) in [6.45, 7) is 1.79. The Bertz CT molecular complexity index is 213. The summed E-state index contributed by atoms with van der Waals surface area (Å²) in [6, 6.07) is 9.22. The van der Waals surface area contributed by atoms with Crippen LogP contribution in [0.2, 0.25) is 0 Å². The first-order valence-corrected chi connectivity index (χ1v) is 3.70. The highest BCUT2D eigenvalue weighted by molar-refractivity contribution is 5.18. The van der Waals surface area contributed by atoms with E-state index in [4.69, 9.17) is 5.73 Å². The van der Waals surface area contributed by atoms with Gasteiger partial charge in [0.1, 0.15) is 0 Å². The van der Waals surface area contributed by atoms with Gasteiger partial charge in [-0.25, -0.2) is 0 Å². The summed E-state index contributed by atoms with van der Waals surface area (Å²) in [7, 11) is 0. The zero-order valence-electron chi connectivity index (χ0n) is 6.94. The average Bonchev–Trinajstić information content (AvgIpc) is 2.05. The van der Waals surface area contributed by atoms with Crippen molar-refractivity contribution in [3.05, 3.63) is 35.9 Å². The molecule has 0 saturated heterocycles. The monoisotopic (exact) mass is 186 g/mol. The van der Waals surface area contributed by atoms with Crippen LogP contribution in [-0.4, -0.2) is 11.1 Å². The standard InChI is InChI=1S/C9H13NO.ClH/c1-7(10)9(11)8-5-3-2-4-6-8;/h2-7,9,11H,10H2,1H3;1H/p-1. The molecule has 0 bridgehead atoms. The molecule has 2 atom stereocenters. The van der Waals surface area contributed by atoms with E-state index in [0.29, 0.717) is 0 Å². The van der Waals surface area contributed by atoms with Gasteiger partial charge in [0.2, 0.25) is 0 Å². The first-order chi connectivity index (χ1) is 5.22. The minimum atomic E-state index is -0.545. The second-order valence-corrected chi connectivity index (χ2v) is 2.71. The first kappa shape index (κ1) is 11.4. The molecule has 2 unspecified atom stereocenters. The Morgan fingerprint density at radius 3 is 2.17 bits per heavy atom. The summed E-state index contributed by atoms with van der Waals surface area (Å²) in [5, 5.41) is 9.47. The summed E-state index contributed by atoms with van der Waals surface area (Å²) >= 11 is 0. The molecule has 1 aromatic carbocycles. The van der Waals surface area contributed by atoms with Crippen LogP contribution in [0.25, 0.3) is 0 Å². The molecule has 0 amide bonds. The Labute approximate surface area is 78.8 Å². The van der Waals surface area contributed by atoms with E-state index in [1.54, 1.807) is 6.92 Å². The van der Waals surface area contributed by atoms with E-state index in [-0.39, 0.29) is 18.4 Å². The van der Waals surface area contributed by atoms with Crippen molar-refractivity contribution in [3.8, 4) is 0 Å². The largest absolute Gasteiger partial charge is 1.00 e. The summed E-state index contributed by atoms with van der Waals surface area (Å²) < 4.78 is 0. The molecule has 12 heavy (non-hydrogen) atoms. The minimum absolute atomic E-state index is 0. The number of aliphatic hydroxyl groups is 1. The fraction of sp³-hybridized carbons (Fsp3) is 0.333. The molecule has 1 aromatic rings. The normalized spacial score (nSPS) is 14.6. The lowest BCUT2D eigenvalue weighted by molar-refractivity contribution is -0.00000372. The van der Waals surface area contributed by atoms with Crippen molar-refractivity contribution < 1.29 is 17.5 Å². The van der Waals surface area contributed by atoms with Gasteiger partial charge in [0, 0.05) is 6.04 Å². The third-order valence-electron chi connectivity index (χ3n) is 1.64. The molecule has 0 spiro atoms. The highest BCUT2D eigenvalue weighted by Crippen LogP contribution is 2.13. The average molecular weight is 187 g/mol. The van der Waals surface area contributed by atoms with E-state index in [1.807, 2.05) is 30.3 Å². The summed E-state index contributed by atoms with van der Waals surface area (Å²) in [5.41, 5.74) is 6.40. The van der Waals surface area contributed by atoms with Crippen LogP contribution in [0.4, 0.5) is 0 Å². The second kappa shape index (κ2) is 5.14. The number of halogens is 1. The summed E-state index contributed by atoms with van der Waals surface area (Å²) in [5.74, 6) is 0. The fourth-order valence-corrected chi connectivity index (χ4v) is 0.954. The molecule has 3 heteroatoms. The molecule has 0 aliphatic carbocycles. The highest BCUT2D eigenvalue weighted by atomic mass is 35.5. The minimum Gasteiger partial charge on any atom is -1.00 e. The molecule has 0 aliphatic rings. The number of benzene rings is 1. The van der Waals surface area contributed by atoms with Gasteiger partial charge in [0.25, 0.3) is 0 Å². The summed E-state index contributed by atoms with van der Waals surface area (Å²) in [4.78, 5) is 0. The number of rotatable bonds is 2. The fourth-order valence-electron chi connectivity index (χ4n) is 0.954. The SMILES string of the molecule is CC(N)C(O)c1ccccc1.[Cl-]. The Balaban J connectivity index is 0.00000121. The van der Waals surface area contributed by atoms with Crippen molar-refractivity contribution in [1.29, 1.82) is 0 Å². The summed E-state index contributed by atoms with van der Waals surface area (Å²) in [6.07, 6.45) is -0.545. The Morgan fingerprint density at radius 2 is 1.75 bits per heavy atom. The van der Waals surface area contributed by atoms with Gasteiger partial charge in [-0.2, -0.15) is 0 Å².